The second-order valence-corrected chi connectivity index (χ2v) is 5.75. The van der Waals surface area contributed by atoms with E-state index in [-0.39, 0.29) is 0 Å². The Bertz CT molecular complexity index is 416. The molecule has 106 valence electrons. The highest BCUT2D eigenvalue weighted by Crippen LogP contribution is 2.35. The Morgan fingerprint density at radius 3 is 2.74 bits per heavy atom. The molecule has 0 radical (unpaired) electrons. The standard InChI is InChI=1S/C14H24N4O/c1-14(6-4-3-5-7-14)10-16-12-8-11(15)17-13(18-12)9-19-2/h8H,3-7,9-10H2,1-2H3,(H3,15,16,17,18). The first-order valence-corrected chi connectivity index (χ1v) is 6.98. The Morgan fingerprint density at radius 1 is 1.32 bits per heavy atom. The van der Waals surface area contributed by atoms with Gasteiger partial charge in [-0.25, -0.2) is 9.97 Å². The summed E-state index contributed by atoms with van der Waals surface area (Å²) < 4.78 is 5.04. The van der Waals surface area contributed by atoms with Gasteiger partial charge in [0.05, 0.1) is 0 Å². The Hall–Kier alpha value is -1.36. The van der Waals surface area contributed by atoms with Gasteiger partial charge in [0, 0.05) is 19.7 Å². The number of hydrogen-bond acceptors (Lipinski definition) is 5. The molecule has 0 amide bonds. The van der Waals surface area contributed by atoms with Crippen LogP contribution in [0.15, 0.2) is 6.07 Å². The number of nitrogens with one attached hydrogen (secondary N) is 1. The van der Waals surface area contributed by atoms with Crippen molar-refractivity contribution in [3.8, 4) is 0 Å². The summed E-state index contributed by atoms with van der Waals surface area (Å²) in [5, 5.41) is 3.41. The molecule has 2 rings (SSSR count). The minimum atomic E-state index is 0.374. The first-order valence-electron chi connectivity index (χ1n) is 6.98. The second kappa shape index (κ2) is 6.19. The number of rotatable bonds is 5. The van der Waals surface area contributed by atoms with Gasteiger partial charge in [0.15, 0.2) is 5.82 Å². The van der Waals surface area contributed by atoms with E-state index in [1.807, 2.05) is 0 Å². The maximum Gasteiger partial charge on any atom is 0.158 e. The molecule has 3 N–H and O–H groups in total. The van der Waals surface area contributed by atoms with Crippen LogP contribution in [0, 0.1) is 5.41 Å². The SMILES string of the molecule is COCc1nc(N)cc(NCC2(C)CCCCC2)n1. The van der Waals surface area contributed by atoms with E-state index in [4.69, 9.17) is 10.5 Å². The highest BCUT2D eigenvalue weighted by molar-refractivity contribution is 5.44. The number of nitrogens with two attached hydrogens (primary N) is 1. The summed E-state index contributed by atoms with van der Waals surface area (Å²) in [7, 11) is 1.63. The largest absolute Gasteiger partial charge is 0.384 e. The molecule has 1 fully saturated rings. The molecular formula is C14H24N4O. The zero-order chi connectivity index (χ0) is 13.7. The monoisotopic (exact) mass is 264 g/mol. The van der Waals surface area contributed by atoms with Crippen LogP contribution in [0.5, 0.6) is 0 Å². The number of nitrogen functional groups attached to an aromatic ring is 1. The Kier molecular flexibility index (Phi) is 4.58. The quantitative estimate of drug-likeness (QED) is 0.855. The molecule has 1 aromatic rings. The molecule has 0 atom stereocenters. The highest BCUT2D eigenvalue weighted by atomic mass is 16.5. The number of ether oxygens (including phenoxy) is 1. The van der Waals surface area contributed by atoms with Crippen LogP contribution in [0.4, 0.5) is 11.6 Å². The van der Waals surface area contributed by atoms with Gasteiger partial charge in [0.2, 0.25) is 0 Å². The summed E-state index contributed by atoms with van der Waals surface area (Å²) in [4.78, 5) is 8.55. The van der Waals surface area contributed by atoms with Gasteiger partial charge in [0.25, 0.3) is 0 Å². The molecular weight excluding hydrogens is 240 g/mol. The fourth-order valence-corrected chi connectivity index (χ4v) is 2.69. The normalized spacial score (nSPS) is 18.2. The van der Waals surface area contributed by atoms with Crippen molar-refractivity contribution in [2.75, 3.05) is 24.7 Å². The molecule has 0 spiro atoms. The third-order valence-corrected chi connectivity index (χ3v) is 3.82. The fraction of sp³-hybridized carbons (Fsp3) is 0.714. The third-order valence-electron chi connectivity index (χ3n) is 3.82. The van der Waals surface area contributed by atoms with E-state index >= 15 is 0 Å². The van der Waals surface area contributed by atoms with E-state index in [2.05, 4.69) is 22.2 Å². The van der Waals surface area contributed by atoms with Crippen molar-refractivity contribution in [1.82, 2.24) is 9.97 Å². The van der Waals surface area contributed by atoms with Crippen LogP contribution in [0.1, 0.15) is 44.9 Å². The number of hydrogen-bond donors (Lipinski definition) is 2. The fourth-order valence-electron chi connectivity index (χ4n) is 2.69. The summed E-state index contributed by atoms with van der Waals surface area (Å²) in [6.07, 6.45) is 6.60. The van der Waals surface area contributed by atoms with Gasteiger partial charge in [-0.3, -0.25) is 0 Å². The average Bonchev–Trinajstić information content (AvgIpc) is 2.37. The van der Waals surface area contributed by atoms with Gasteiger partial charge in [-0.05, 0) is 18.3 Å². The molecule has 1 aliphatic carbocycles. The molecule has 1 heterocycles. The Morgan fingerprint density at radius 2 is 2.05 bits per heavy atom. The van der Waals surface area contributed by atoms with Gasteiger partial charge < -0.3 is 15.8 Å². The zero-order valence-electron chi connectivity index (χ0n) is 11.9. The van der Waals surface area contributed by atoms with Crippen LogP contribution in [0.25, 0.3) is 0 Å². The summed E-state index contributed by atoms with van der Waals surface area (Å²) in [5.74, 6) is 1.91. The molecule has 5 nitrogen and oxygen atoms in total. The van der Waals surface area contributed by atoms with Crippen LogP contribution in [0.3, 0.4) is 0 Å². The molecule has 0 aliphatic heterocycles. The lowest BCUT2D eigenvalue weighted by atomic mass is 9.76. The number of aromatic nitrogens is 2. The lowest BCUT2D eigenvalue weighted by Gasteiger charge is -2.33. The molecule has 0 bridgehead atoms. The first-order chi connectivity index (χ1) is 9.11. The predicted molar refractivity (Wildman–Crippen MR) is 76.8 cm³/mol. The Balaban J connectivity index is 1.98. The molecule has 0 unspecified atom stereocenters. The summed E-state index contributed by atoms with van der Waals surface area (Å²) in [6.45, 7) is 3.67. The van der Waals surface area contributed by atoms with Gasteiger partial charge in [-0.1, -0.05) is 26.2 Å². The molecule has 5 heteroatoms. The van der Waals surface area contributed by atoms with Crippen LogP contribution >= 0.6 is 0 Å². The van der Waals surface area contributed by atoms with Crippen LogP contribution in [-0.2, 0) is 11.3 Å². The van der Waals surface area contributed by atoms with Crippen LogP contribution in [-0.4, -0.2) is 23.6 Å². The summed E-state index contributed by atoms with van der Waals surface area (Å²) >= 11 is 0. The number of anilines is 2. The minimum Gasteiger partial charge on any atom is -0.384 e. The summed E-state index contributed by atoms with van der Waals surface area (Å²) in [6, 6.07) is 1.78. The maximum absolute atomic E-state index is 5.78. The smallest absolute Gasteiger partial charge is 0.158 e. The highest BCUT2D eigenvalue weighted by Gasteiger charge is 2.26. The van der Waals surface area contributed by atoms with Crippen molar-refractivity contribution < 1.29 is 4.74 Å². The lowest BCUT2D eigenvalue weighted by molar-refractivity contribution is 0.178. The van der Waals surface area contributed by atoms with E-state index < -0.39 is 0 Å². The average molecular weight is 264 g/mol. The van der Waals surface area contributed by atoms with Crippen molar-refractivity contribution in [3.63, 3.8) is 0 Å². The van der Waals surface area contributed by atoms with Crippen molar-refractivity contribution in [3.05, 3.63) is 11.9 Å². The van der Waals surface area contributed by atoms with Gasteiger partial charge in [-0.15, -0.1) is 0 Å². The Labute approximate surface area is 115 Å². The van der Waals surface area contributed by atoms with Crippen molar-refractivity contribution >= 4 is 11.6 Å². The zero-order valence-corrected chi connectivity index (χ0v) is 11.9. The predicted octanol–water partition coefficient (Wildman–Crippen LogP) is 2.59. The van der Waals surface area contributed by atoms with E-state index in [0.29, 0.717) is 23.7 Å². The van der Waals surface area contributed by atoms with Gasteiger partial charge >= 0.3 is 0 Å². The summed E-state index contributed by atoms with van der Waals surface area (Å²) in [5.41, 5.74) is 6.16. The van der Waals surface area contributed by atoms with Crippen LogP contribution < -0.4 is 11.1 Å². The van der Waals surface area contributed by atoms with Crippen LogP contribution in [0.2, 0.25) is 0 Å². The van der Waals surface area contributed by atoms with E-state index in [0.717, 1.165) is 12.4 Å². The third kappa shape index (κ3) is 4.06. The first kappa shape index (κ1) is 14.1. The topological polar surface area (TPSA) is 73.1 Å². The molecule has 1 aromatic heterocycles. The van der Waals surface area contributed by atoms with E-state index in [1.165, 1.54) is 32.1 Å². The molecule has 19 heavy (non-hydrogen) atoms. The van der Waals surface area contributed by atoms with Crippen molar-refractivity contribution in [1.29, 1.82) is 0 Å². The van der Waals surface area contributed by atoms with Crippen molar-refractivity contribution in [2.45, 2.75) is 45.6 Å². The lowest BCUT2D eigenvalue weighted by Crippen LogP contribution is -2.29. The molecule has 0 saturated heterocycles. The second-order valence-electron chi connectivity index (χ2n) is 5.75. The number of nitrogens with zero attached hydrogens (tertiary/aromatic N) is 2. The molecule has 0 aromatic carbocycles. The minimum absolute atomic E-state index is 0.374. The number of methoxy groups -OCH3 is 1. The van der Waals surface area contributed by atoms with Gasteiger partial charge in [0.1, 0.15) is 18.2 Å². The van der Waals surface area contributed by atoms with E-state index in [1.54, 1.807) is 13.2 Å². The van der Waals surface area contributed by atoms with Gasteiger partial charge in [-0.2, -0.15) is 0 Å². The van der Waals surface area contributed by atoms with E-state index in [9.17, 15) is 0 Å². The van der Waals surface area contributed by atoms with Crippen molar-refractivity contribution in [2.24, 2.45) is 5.41 Å². The maximum atomic E-state index is 5.78. The molecule has 1 aliphatic rings. The molecule has 1 saturated carbocycles.